The van der Waals surface area contributed by atoms with Crippen molar-refractivity contribution in [3.05, 3.63) is 143 Å². The zero-order chi connectivity index (χ0) is 55.9. The molecule has 15 nitrogen and oxygen atoms in total. The van der Waals surface area contributed by atoms with Crippen molar-refractivity contribution in [1.82, 2.24) is 40.4 Å². The highest BCUT2D eigenvalue weighted by molar-refractivity contribution is 5.90. The molecule has 2 aliphatic heterocycles. The van der Waals surface area contributed by atoms with Gasteiger partial charge in [-0.05, 0) is 138 Å². The number of nitrogens with one attached hydrogen (secondary N) is 2. The summed E-state index contributed by atoms with van der Waals surface area (Å²) in [6.45, 7) is 27.3. The van der Waals surface area contributed by atoms with Crippen molar-refractivity contribution in [2.75, 3.05) is 32.8 Å². The summed E-state index contributed by atoms with van der Waals surface area (Å²) < 4.78 is 10.5. The van der Waals surface area contributed by atoms with E-state index in [1.165, 1.54) is 31.3 Å². The molecule has 4 aromatic heterocycles. The number of isocyanates is 1. The van der Waals surface area contributed by atoms with Crippen LogP contribution in [0.5, 0.6) is 0 Å². The maximum absolute atomic E-state index is 13.1. The zero-order valence-corrected chi connectivity index (χ0v) is 47.1. The van der Waals surface area contributed by atoms with E-state index >= 15 is 0 Å². The minimum atomic E-state index is -0.461. The van der Waals surface area contributed by atoms with E-state index in [4.69, 9.17) is 19.4 Å². The predicted molar refractivity (Wildman–Crippen MR) is 306 cm³/mol. The van der Waals surface area contributed by atoms with Gasteiger partial charge in [-0.15, -0.1) is 0 Å². The average molecular weight is 1050 g/mol. The monoisotopic (exact) mass is 1050 g/mol. The molecule has 0 spiro atoms. The minimum Gasteiger partial charge on any atom is -0.461 e. The molecule has 2 aromatic carbocycles. The number of carbonyl (C=O) groups is 3. The van der Waals surface area contributed by atoms with Crippen molar-refractivity contribution in [1.29, 1.82) is 0 Å². The topological polar surface area (TPSA) is 181 Å². The fourth-order valence-electron chi connectivity index (χ4n) is 9.28. The van der Waals surface area contributed by atoms with Crippen molar-refractivity contribution < 1.29 is 28.7 Å². The molecule has 0 bridgehead atoms. The molecular formula is C62H79N9O6. The van der Waals surface area contributed by atoms with Crippen LogP contribution in [0, 0.1) is 0 Å². The average Bonchev–Trinajstić information content (AvgIpc) is 4.05. The van der Waals surface area contributed by atoms with Crippen molar-refractivity contribution in [3.63, 3.8) is 0 Å². The van der Waals surface area contributed by atoms with Crippen LogP contribution in [0.25, 0.3) is 44.8 Å². The van der Waals surface area contributed by atoms with Gasteiger partial charge in [-0.2, -0.15) is 0 Å². The van der Waals surface area contributed by atoms with Gasteiger partial charge < -0.3 is 29.9 Å². The van der Waals surface area contributed by atoms with Gasteiger partial charge in [-0.25, -0.2) is 34.1 Å². The summed E-state index contributed by atoms with van der Waals surface area (Å²) in [5.74, 6) is -0.837. The van der Waals surface area contributed by atoms with E-state index in [1.54, 1.807) is 25.4 Å². The molecule has 2 aliphatic rings. The second-order valence-electron chi connectivity index (χ2n) is 19.1. The third-order valence-electron chi connectivity index (χ3n) is 12.9. The second kappa shape index (κ2) is 30.9. The Morgan fingerprint density at radius 3 is 1.58 bits per heavy atom. The lowest BCUT2D eigenvalue weighted by Crippen LogP contribution is -2.42. The number of hydrogen-bond donors (Lipinski definition) is 2. The molecule has 0 radical (unpaired) electrons. The Bertz CT molecular complexity index is 2880. The maximum Gasteiger partial charge on any atom is 0.356 e. The molecule has 0 aliphatic carbocycles. The van der Waals surface area contributed by atoms with Gasteiger partial charge in [0.1, 0.15) is 11.4 Å². The number of carbonyl (C=O) groups excluding carboxylic acids is 4. The molecule has 0 unspecified atom stereocenters. The molecule has 15 heteroatoms. The van der Waals surface area contributed by atoms with Crippen LogP contribution >= 0.6 is 0 Å². The van der Waals surface area contributed by atoms with E-state index in [9.17, 15) is 19.2 Å². The van der Waals surface area contributed by atoms with Crippen LogP contribution in [0.3, 0.4) is 0 Å². The number of aliphatic imine (C=N–C) groups is 1. The van der Waals surface area contributed by atoms with E-state index in [2.05, 4.69) is 89.4 Å². The Morgan fingerprint density at radius 2 is 1.17 bits per heavy atom. The molecule has 6 aromatic rings. The number of hydrogen-bond acceptors (Lipinski definition) is 13. The lowest BCUT2D eigenvalue weighted by atomic mass is 9.93. The quantitative estimate of drug-likeness (QED) is 0.0502. The van der Waals surface area contributed by atoms with Crippen molar-refractivity contribution in [2.24, 2.45) is 4.99 Å². The van der Waals surface area contributed by atoms with E-state index in [0.717, 1.165) is 93.7 Å². The van der Waals surface area contributed by atoms with Gasteiger partial charge in [0.25, 0.3) is 0 Å². The lowest BCUT2D eigenvalue weighted by Gasteiger charge is -2.27. The maximum atomic E-state index is 13.1. The first-order valence-corrected chi connectivity index (χ1v) is 27.3. The minimum absolute atomic E-state index is 0.0253. The van der Waals surface area contributed by atoms with Gasteiger partial charge in [0, 0.05) is 77.8 Å². The largest absolute Gasteiger partial charge is 0.461 e. The molecule has 408 valence electrons. The summed E-state index contributed by atoms with van der Waals surface area (Å²) in [6, 6.07) is 28.0. The summed E-state index contributed by atoms with van der Waals surface area (Å²) in [6.07, 6.45) is 12.4. The molecule has 8 rings (SSSR count). The number of pyridine rings is 4. The van der Waals surface area contributed by atoms with Gasteiger partial charge in [0.15, 0.2) is 0 Å². The standard InChI is InChI=1S/C28H32N4O3.C24H25N3O2.C6H15N.C4H7NO/c1-5-9-24-25-22(17-32(24)28(34)30-18(3)4)15-23(27(33)35-6-2)31-26(25)20-11-7-10-19(14-20)21-12-8-13-29-16-21;1-3-7-20-22-19(15-26-20)13-21(24(28)29-4-2)27-23(22)17-9-5-8-16(12-17)18-10-6-11-25-14-18;1-4-7(5-2)6-3;1-4(2)5-3-6/h7-8,10-16,18,24H,5-6,9,17H2,1-4H3,(H,30,34);5-6,8-14,20,26H,3-4,7,15H2,1-2H3;4-6H2,1-3H3;4H,1-2H3/t24-;20-;;/m11../s1. The first kappa shape index (κ1) is 60.4. The number of fused-ring (bicyclic) bond motifs is 2. The molecule has 6 heterocycles. The molecule has 2 amide bonds. The number of amides is 2. The summed E-state index contributed by atoms with van der Waals surface area (Å²) in [4.78, 5) is 73.1. The number of nitrogens with zero attached hydrogens (tertiary/aromatic N) is 7. The van der Waals surface area contributed by atoms with Gasteiger partial charge in [-0.1, -0.05) is 96.0 Å². The normalized spacial score (nSPS) is 13.9. The lowest BCUT2D eigenvalue weighted by molar-refractivity contribution is 0.0510. The van der Waals surface area contributed by atoms with E-state index in [1.807, 2.05) is 107 Å². The van der Waals surface area contributed by atoms with Crippen LogP contribution in [0.15, 0.2) is 115 Å². The Morgan fingerprint density at radius 1 is 0.675 bits per heavy atom. The van der Waals surface area contributed by atoms with Crippen molar-refractivity contribution >= 4 is 24.0 Å². The molecule has 0 fully saturated rings. The third-order valence-corrected chi connectivity index (χ3v) is 12.9. The molecule has 77 heavy (non-hydrogen) atoms. The summed E-state index contributed by atoms with van der Waals surface area (Å²) in [5, 5.41) is 6.60. The van der Waals surface area contributed by atoms with Crippen LogP contribution in [0.1, 0.15) is 157 Å². The fraction of sp³-hybridized carbons (Fsp3) is 0.419. The molecular weight excluding hydrogens is 967 g/mol. The van der Waals surface area contributed by atoms with Crippen molar-refractivity contribution in [3.8, 4) is 44.8 Å². The van der Waals surface area contributed by atoms with Gasteiger partial charge in [0.2, 0.25) is 6.08 Å². The Labute approximate surface area is 456 Å². The van der Waals surface area contributed by atoms with Crippen molar-refractivity contribution in [2.45, 2.75) is 139 Å². The molecule has 2 N–H and O–H groups in total. The fourth-order valence-corrected chi connectivity index (χ4v) is 9.28. The van der Waals surface area contributed by atoms with E-state index < -0.39 is 5.97 Å². The van der Waals surface area contributed by atoms with E-state index in [-0.39, 0.29) is 48.5 Å². The summed E-state index contributed by atoms with van der Waals surface area (Å²) in [7, 11) is 0. The Balaban J connectivity index is 0.000000233. The number of aromatic nitrogens is 4. The Kier molecular flexibility index (Phi) is 24.3. The van der Waals surface area contributed by atoms with Crippen LogP contribution in [-0.2, 0) is 27.4 Å². The molecule has 2 atom stereocenters. The highest BCUT2D eigenvalue weighted by atomic mass is 16.5. The second-order valence-corrected chi connectivity index (χ2v) is 19.1. The first-order valence-electron chi connectivity index (χ1n) is 27.3. The SMILES string of the molecule is CC(C)N=C=O.CCC[C@@H]1c2c(cc(C(=O)OCC)nc2-c2cccc(-c3cccnc3)c2)CN1C(=O)NC(C)C.CCC[C@H]1NCc2cc(C(=O)OCC)nc(-c3cccc(-c4cccnc4)c3)c21.CCN(CC)CC. The number of rotatable bonds is 17. The van der Waals surface area contributed by atoms with Crippen LogP contribution < -0.4 is 10.6 Å². The summed E-state index contributed by atoms with van der Waals surface area (Å²) in [5.41, 5.74) is 12.5. The van der Waals surface area contributed by atoms with Crippen LogP contribution in [0.4, 0.5) is 4.79 Å². The van der Waals surface area contributed by atoms with Gasteiger partial charge in [-0.3, -0.25) is 9.97 Å². The number of ether oxygens (including phenoxy) is 2. The molecule has 0 saturated heterocycles. The summed E-state index contributed by atoms with van der Waals surface area (Å²) >= 11 is 0. The smallest absolute Gasteiger partial charge is 0.356 e. The van der Waals surface area contributed by atoms with E-state index in [0.29, 0.717) is 18.8 Å². The van der Waals surface area contributed by atoms with Gasteiger partial charge in [0.05, 0.1) is 36.7 Å². The van der Waals surface area contributed by atoms with Crippen LogP contribution in [-0.4, -0.2) is 98.7 Å². The Hall–Kier alpha value is -7.45. The number of benzene rings is 2. The first-order chi connectivity index (χ1) is 37.2. The van der Waals surface area contributed by atoms with Gasteiger partial charge >= 0.3 is 18.0 Å². The number of esters is 2. The predicted octanol–water partition coefficient (Wildman–Crippen LogP) is 12.8. The van der Waals surface area contributed by atoms with Crippen LogP contribution in [0.2, 0.25) is 0 Å². The number of urea groups is 1. The molecule has 0 saturated carbocycles. The zero-order valence-electron chi connectivity index (χ0n) is 47.1. The third kappa shape index (κ3) is 16.8. The highest BCUT2D eigenvalue weighted by Crippen LogP contribution is 2.43. The highest BCUT2D eigenvalue weighted by Gasteiger charge is 2.37.